The first-order valence-corrected chi connectivity index (χ1v) is 9.74. The smallest absolute Gasteiger partial charge is 0.267 e. The van der Waals surface area contributed by atoms with E-state index in [0.717, 1.165) is 0 Å². The van der Waals surface area contributed by atoms with Gasteiger partial charge in [-0.1, -0.05) is 24.3 Å². The number of amides is 3. The number of ether oxygens (including phenoxy) is 2. The number of rotatable bonds is 8. The summed E-state index contributed by atoms with van der Waals surface area (Å²) in [5.74, 6) is -0.173. The molecule has 8 heteroatoms. The first kappa shape index (κ1) is 21.3. The number of methoxy groups -OCH3 is 1. The zero-order valence-electron chi connectivity index (χ0n) is 17.0. The van der Waals surface area contributed by atoms with Crippen molar-refractivity contribution in [1.82, 2.24) is 5.32 Å². The number of benzene rings is 2. The zero-order chi connectivity index (χ0) is 21.5. The minimum atomic E-state index is -0.612. The Balaban J connectivity index is 1.64. The first-order chi connectivity index (χ1) is 14.5. The first-order valence-electron chi connectivity index (χ1n) is 9.74. The van der Waals surface area contributed by atoms with Gasteiger partial charge >= 0.3 is 0 Å². The van der Waals surface area contributed by atoms with Crippen molar-refractivity contribution in [2.24, 2.45) is 0 Å². The Morgan fingerprint density at radius 1 is 1.13 bits per heavy atom. The predicted molar refractivity (Wildman–Crippen MR) is 113 cm³/mol. The van der Waals surface area contributed by atoms with E-state index in [9.17, 15) is 14.4 Å². The average Bonchev–Trinajstić information content (AvgIpc) is 2.74. The third kappa shape index (κ3) is 4.96. The lowest BCUT2D eigenvalue weighted by molar-refractivity contribution is -0.125. The van der Waals surface area contributed by atoms with Gasteiger partial charge in [0.05, 0.1) is 23.5 Å². The molecule has 30 heavy (non-hydrogen) atoms. The predicted octanol–water partition coefficient (Wildman–Crippen LogP) is 2.21. The van der Waals surface area contributed by atoms with E-state index < -0.39 is 6.10 Å². The minimum Gasteiger partial charge on any atom is -0.479 e. The van der Waals surface area contributed by atoms with Crippen molar-refractivity contribution >= 4 is 29.1 Å². The number of anilines is 2. The van der Waals surface area contributed by atoms with Crippen molar-refractivity contribution in [3.63, 3.8) is 0 Å². The molecular formula is C22H25N3O5. The van der Waals surface area contributed by atoms with Gasteiger partial charge in [-0.25, -0.2) is 0 Å². The molecule has 2 N–H and O–H groups in total. The van der Waals surface area contributed by atoms with Gasteiger partial charge in [-0.2, -0.15) is 0 Å². The molecule has 0 aliphatic carbocycles. The second-order valence-electron chi connectivity index (χ2n) is 6.81. The Labute approximate surface area is 175 Å². The average molecular weight is 411 g/mol. The van der Waals surface area contributed by atoms with Gasteiger partial charge in [0.15, 0.2) is 6.10 Å². The van der Waals surface area contributed by atoms with Crippen molar-refractivity contribution in [3.8, 4) is 5.75 Å². The molecule has 0 radical (unpaired) electrons. The van der Waals surface area contributed by atoms with Crippen LogP contribution in [0.5, 0.6) is 5.75 Å². The summed E-state index contributed by atoms with van der Waals surface area (Å²) in [4.78, 5) is 39.0. The van der Waals surface area contributed by atoms with Gasteiger partial charge in [-0.05, 0) is 31.2 Å². The molecule has 1 heterocycles. The van der Waals surface area contributed by atoms with E-state index in [1.54, 1.807) is 55.3 Å². The lowest BCUT2D eigenvalue weighted by Crippen LogP contribution is -2.45. The second kappa shape index (κ2) is 9.89. The molecule has 3 rings (SSSR count). The number of para-hydroxylation sites is 3. The van der Waals surface area contributed by atoms with E-state index in [0.29, 0.717) is 35.8 Å². The van der Waals surface area contributed by atoms with Gasteiger partial charge in [-0.3, -0.25) is 14.4 Å². The summed E-state index contributed by atoms with van der Waals surface area (Å²) >= 11 is 0. The Morgan fingerprint density at radius 2 is 1.87 bits per heavy atom. The molecule has 1 aliphatic rings. The minimum absolute atomic E-state index is 0.0758. The fourth-order valence-corrected chi connectivity index (χ4v) is 3.17. The van der Waals surface area contributed by atoms with Crippen LogP contribution in [0.2, 0.25) is 0 Å². The van der Waals surface area contributed by atoms with Gasteiger partial charge in [-0.15, -0.1) is 0 Å². The number of nitrogens with zero attached hydrogens (tertiary/aromatic N) is 1. The van der Waals surface area contributed by atoms with Gasteiger partial charge < -0.3 is 25.0 Å². The zero-order valence-corrected chi connectivity index (χ0v) is 17.0. The summed E-state index contributed by atoms with van der Waals surface area (Å²) in [5.41, 5.74) is 1.43. The molecule has 158 valence electrons. The van der Waals surface area contributed by atoms with Crippen molar-refractivity contribution in [3.05, 3.63) is 54.1 Å². The maximum atomic E-state index is 12.6. The molecule has 0 fully saturated rings. The highest BCUT2D eigenvalue weighted by Gasteiger charge is 2.31. The molecule has 0 saturated carbocycles. The van der Waals surface area contributed by atoms with Gasteiger partial charge in [0.2, 0.25) is 5.91 Å². The maximum Gasteiger partial charge on any atom is 0.267 e. The Kier molecular flexibility index (Phi) is 7.03. The van der Waals surface area contributed by atoms with Crippen LogP contribution in [0.4, 0.5) is 11.4 Å². The molecule has 0 aromatic heterocycles. The van der Waals surface area contributed by atoms with E-state index in [1.807, 2.05) is 12.1 Å². The van der Waals surface area contributed by atoms with Crippen LogP contribution in [-0.2, 0) is 14.3 Å². The standard InChI is InChI=1S/C22H25N3O5/c1-15-22(28)25(18-9-5-6-10-19(18)30-15)13-11-20(26)24-17-8-4-3-7-16(17)21(27)23-12-14-29-2/h3-10,15H,11-14H2,1-2H3,(H,23,27)(H,24,26)/t15-/m1/s1. The topological polar surface area (TPSA) is 97.0 Å². The van der Waals surface area contributed by atoms with Crippen LogP contribution in [0.3, 0.4) is 0 Å². The third-order valence-electron chi connectivity index (χ3n) is 4.67. The second-order valence-corrected chi connectivity index (χ2v) is 6.81. The van der Waals surface area contributed by atoms with E-state index in [-0.39, 0.29) is 30.7 Å². The van der Waals surface area contributed by atoms with Crippen LogP contribution in [0, 0.1) is 0 Å². The largest absolute Gasteiger partial charge is 0.479 e. The molecule has 0 bridgehead atoms. The van der Waals surface area contributed by atoms with E-state index in [2.05, 4.69) is 10.6 Å². The summed E-state index contributed by atoms with van der Waals surface area (Å²) in [5, 5.41) is 5.51. The summed E-state index contributed by atoms with van der Waals surface area (Å²) in [7, 11) is 1.55. The van der Waals surface area contributed by atoms with Crippen molar-refractivity contribution in [2.45, 2.75) is 19.4 Å². The molecule has 0 unspecified atom stereocenters. The summed E-state index contributed by atoms with van der Waals surface area (Å²) < 4.78 is 10.5. The summed E-state index contributed by atoms with van der Waals surface area (Å²) in [6, 6.07) is 14.0. The monoisotopic (exact) mass is 411 g/mol. The van der Waals surface area contributed by atoms with E-state index in [1.165, 1.54) is 0 Å². The molecule has 0 saturated heterocycles. The van der Waals surface area contributed by atoms with E-state index >= 15 is 0 Å². The van der Waals surface area contributed by atoms with Crippen LogP contribution in [0.1, 0.15) is 23.7 Å². The molecule has 1 aliphatic heterocycles. The number of carbonyl (C=O) groups excluding carboxylic acids is 3. The Hall–Kier alpha value is -3.39. The number of carbonyl (C=O) groups is 3. The Morgan fingerprint density at radius 3 is 2.67 bits per heavy atom. The Bertz CT molecular complexity index is 930. The van der Waals surface area contributed by atoms with Crippen LogP contribution in [0.25, 0.3) is 0 Å². The number of hydrogen-bond acceptors (Lipinski definition) is 5. The van der Waals surface area contributed by atoms with E-state index in [4.69, 9.17) is 9.47 Å². The summed E-state index contributed by atoms with van der Waals surface area (Å²) in [6.07, 6.45) is -0.536. The molecule has 8 nitrogen and oxygen atoms in total. The summed E-state index contributed by atoms with van der Waals surface area (Å²) in [6.45, 7) is 2.66. The number of fused-ring (bicyclic) bond motifs is 1. The van der Waals surface area contributed by atoms with Crippen molar-refractivity contribution < 1.29 is 23.9 Å². The van der Waals surface area contributed by atoms with Gasteiger partial charge in [0, 0.05) is 26.6 Å². The SMILES string of the molecule is COCCNC(=O)c1ccccc1NC(=O)CCN1C(=O)[C@@H](C)Oc2ccccc21. The number of hydrogen-bond donors (Lipinski definition) is 2. The number of nitrogens with one attached hydrogen (secondary N) is 2. The van der Waals surface area contributed by atoms with Gasteiger partial charge in [0.1, 0.15) is 5.75 Å². The quantitative estimate of drug-likeness (QED) is 0.649. The highest BCUT2D eigenvalue weighted by molar-refractivity contribution is 6.04. The van der Waals surface area contributed by atoms with Crippen LogP contribution in [-0.4, -0.2) is 50.6 Å². The molecule has 3 amide bonds. The molecule has 2 aromatic carbocycles. The third-order valence-corrected chi connectivity index (χ3v) is 4.67. The van der Waals surface area contributed by atoms with Gasteiger partial charge in [0.25, 0.3) is 11.8 Å². The molecular weight excluding hydrogens is 386 g/mol. The van der Waals surface area contributed by atoms with Crippen LogP contribution in [0.15, 0.2) is 48.5 Å². The van der Waals surface area contributed by atoms with Crippen LogP contribution >= 0.6 is 0 Å². The highest BCUT2D eigenvalue weighted by Crippen LogP contribution is 2.33. The maximum absolute atomic E-state index is 12.6. The molecule has 1 atom stereocenters. The fraction of sp³-hybridized carbons (Fsp3) is 0.318. The normalized spacial score (nSPS) is 15.2. The van der Waals surface area contributed by atoms with Crippen LogP contribution < -0.4 is 20.3 Å². The molecule has 0 spiro atoms. The lowest BCUT2D eigenvalue weighted by Gasteiger charge is -2.32. The molecule has 2 aromatic rings. The van der Waals surface area contributed by atoms with Crippen molar-refractivity contribution in [2.75, 3.05) is 37.0 Å². The van der Waals surface area contributed by atoms with Crippen molar-refractivity contribution in [1.29, 1.82) is 0 Å². The fourth-order valence-electron chi connectivity index (χ4n) is 3.17. The lowest BCUT2D eigenvalue weighted by atomic mass is 10.1. The highest BCUT2D eigenvalue weighted by atomic mass is 16.5.